The summed E-state index contributed by atoms with van der Waals surface area (Å²) in [5.74, 6) is 0.771. The molecule has 0 fully saturated rings. The molecule has 4 heteroatoms. The van der Waals surface area contributed by atoms with Crippen LogP contribution >= 0.6 is 27.5 Å². The highest BCUT2D eigenvalue weighted by molar-refractivity contribution is 9.10. The summed E-state index contributed by atoms with van der Waals surface area (Å²) >= 11 is 8.90. The fourth-order valence-electron chi connectivity index (χ4n) is 0.550. The molecule has 0 atom stereocenters. The van der Waals surface area contributed by atoms with Crippen molar-refractivity contribution in [3.8, 4) is 0 Å². The summed E-state index contributed by atoms with van der Waals surface area (Å²) in [6.07, 6.45) is 2.47. The van der Waals surface area contributed by atoms with Crippen molar-refractivity contribution in [1.29, 1.82) is 0 Å². The quantitative estimate of drug-likeness (QED) is 0.681. The molecule has 0 radical (unpaired) electrons. The van der Waals surface area contributed by atoms with Crippen LogP contribution in [0.5, 0.6) is 0 Å². The number of hydrogen-bond donors (Lipinski definition) is 0. The highest BCUT2D eigenvalue weighted by Crippen LogP contribution is 2.17. The molecule has 0 aromatic carbocycles. The zero-order chi connectivity index (χ0) is 7.56. The van der Waals surface area contributed by atoms with Crippen LogP contribution in [-0.2, 0) is 6.42 Å². The zero-order valence-electron chi connectivity index (χ0n) is 5.43. The summed E-state index contributed by atoms with van der Waals surface area (Å²) in [7, 11) is 0. The smallest absolute Gasteiger partial charge is 0.146 e. The van der Waals surface area contributed by atoms with Gasteiger partial charge >= 0.3 is 0 Å². The molecular formula is C6H6BrClN2. The van der Waals surface area contributed by atoms with Crippen LogP contribution in [0.4, 0.5) is 0 Å². The maximum Gasteiger partial charge on any atom is 0.146 e. The van der Waals surface area contributed by atoms with E-state index in [1.807, 2.05) is 6.92 Å². The summed E-state index contributed by atoms with van der Waals surface area (Å²) in [5.41, 5.74) is 0. The van der Waals surface area contributed by atoms with Crippen LogP contribution in [0.3, 0.4) is 0 Å². The predicted octanol–water partition coefficient (Wildman–Crippen LogP) is 2.45. The van der Waals surface area contributed by atoms with Crippen LogP contribution in [0.1, 0.15) is 12.7 Å². The van der Waals surface area contributed by atoms with E-state index >= 15 is 0 Å². The Labute approximate surface area is 72.8 Å². The Morgan fingerprint density at radius 2 is 2.40 bits per heavy atom. The third-order valence-corrected chi connectivity index (χ3v) is 2.16. The van der Waals surface area contributed by atoms with Crippen LogP contribution in [0.2, 0.25) is 5.15 Å². The normalized spacial score (nSPS) is 9.90. The molecule has 0 unspecified atom stereocenters. The number of hydrogen-bond acceptors (Lipinski definition) is 2. The van der Waals surface area contributed by atoms with Gasteiger partial charge in [-0.1, -0.05) is 18.5 Å². The number of aromatic nitrogens is 2. The average Bonchev–Trinajstić information content (AvgIpc) is 1.95. The first-order chi connectivity index (χ1) is 4.74. The van der Waals surface area contributed by atoms with Gasteiger partial charge in [0.2, 0.25) is 0 Å². The van der Waals surface area contributed by atoms with Crippen LogP contribution < -0.4 is 0 Å². The van der Waals surface area contributed by atoms with E-state index in [1.54, 1.807) is 6.20 Å². The van der Waals surface area contributed by atoms with Crippen molar-refractivity contribution < 1.29 is 0 Å². The van der Waals surface area contributed by atoms with Crippen molar-refractivity contribution >= 4 is 27.5 Å². The van der Waals surface area contributed by atoms with Crippen molar-refractivity contribution in [1.82, 2.24) is 9.97 Å². The highest BCUT2D eigenvalue weighted by atomic mass is 79.9. The van der Waals surface area contributed by atoms with Gasteiger partial charge in [-0.2, -0.15) is 0 Å². The molecule has 0 N–H and O–H groups in total. The van der Waals surface area contributed by atoms with E-state index < -0.39 is 0 Å². The van der Waals surface area contributed by atoms with Crippen LogP contribution in [0.25, 0.3) is 0 Å². The Kier molecular flexibility index (Phi) is 2.63. The second kappa shape index (κ2) is 3.30. The van der Waals surface area contributed by atoms with E-state index in [1.165, 1.54) is 0 Å². The summed E-state index contributed by atoms with van der Waals surface area (Å²) in [6, 6.07) is 0. The lowest BCUT2D eigenvalue weighted by Gasteiger charge is -1.95. The van der Waals surface area contributed by atoms with Crippen molar-refractivity contribution in [3.63, 3.8) is 0 Å². The minimum atomic E-state index is 0.479. The van der Waals surface area contributed by atoms with Crippen molar-refractivity contribution in [2.45, 2.75) is 13.3 Å². The minimum Gasteiger partial charge on any atom is -0.240 e. The van der Waals surface area contributed by atoms with Crippen molar-refractivity contribution in [2.24, 2.45) is 0 Å². The van der Waals surface area contributed by atoms with Crippen molar-refractivity contribution in [2.75, 3.05) is 0 Å². The van der Waals surface area contributed by atoms with Crippen LogP contribution in [-0.4, -0.2) is 9.97 Å². The molecule has 0 aliphatic rings. The lowest BCUT2D eigenvalue weighted by atomic mass is 10.4. The zero-order valence-corrected chi connectivity index (χ0v) is 7.78. The molecule has 0 aliphatic carbocycles. The minimum absolute atomic E-state index is 0.479. The second-order valence-electron chi connectivity index (χ2n) is 1.78. The Bertz CT molecular complexity index is 239. The topological polar surface area (TPSA) is 25.8 Å². The number of nitrogens with zero attached hydrogens (tertiary/aromatic N) is 2. The number of aryl methyl sites for hydroxylation is 1. The summed E-state index contributed by atoms with van der Waals surface area (Å²) in [6.45, 7) is 1.99. The fourth-order valence-corrected chi connectivity index (χ4v) is 0.888. The van der Waals surface area contributed by atoms with Crippen LogP contribution in [0.15, 0.2) is 10.7 Å². The van der Waals surface area contributed by atoms with E-state index in [4.69, 9.17) is 11.6 Å². The summed E-state index contributed by atoms with van der Waals surface area (Å²) in [5, 5.41) is 0.479. The number of halogens is 2. The Morgan fingerprint density at radius 1 is 1.70 bits per heavy atom. The lowest BCUT2D eigenvalue weighted by molar-refractivity contribution is 0.934. The van der Waals surface area contributed by atoms with Gasteiger partial charge in [0.05, 0.1) is 4.47 Å². The second-order valence-corrected chi connectivity index (χ2v) is 2.99. The van der Waals surface area contributed by atoms with E-state index in [0.29, 0.717) is 5.15 Å². The molecule has 0 aliphatic heterocycles. The molecule has 1 aromatic rings. The molecule has 0 amide bonds. The molecule has 0 saturated heterocycles. The van der Waals surface area contributed by atoms with Gasteiger partial charge in [-0.3, -0.25) is 0 Å². The predicted molar refractivity (Wildman–Crippen MR) is 44.1 cm³/mol. The van der Waals surface area contributed by atoms with E-state index in [2.05, 4.69) is 25.9 Å². The van der Waals surface area contributed by atoms with Crippen molar-refractivity contribution in [3.05, 3.63) is 21.6 Å². The highest BCUT2D eigenvalue weighted by Gasteiger charge is 1.98. The van der Waals surface area contributed by atoms with Gasteiger partial charge < -0.3 is 0 Å². The maximum atomic E-state index is 5.69. The summed E-state index contributed by atoms with van der Waals surface area (Å²) < 4.78 is 0.742. The Morgan fingerprint density at radius 3 is 2.90 bits per heavy atom. The molecule has 1 rings (SSSR count). The molecule has 0 bridgehead atoms. The molecule has 10 heavy (non-hydrogen) atoms. The van der Waals surface area contributed by atoms with Gasteiger partial charge in [-0.05, 0) is 15.9 Å². The van der Waals surface area contributed by atoms with Gasteiger partial charge in [0.1, 0.15) is 11.0 Å². The van der Waals surface area contributed by atoms with Gasteiger partial charge in [0.25, 0.3) is 0 Å². The standard InChI is InChI=1S/C6H6BrClN2/c1-2-5-9-3-4(7)6(8)10-5/h3H,2H2,1H3. The van der Waals surface area contributed by atoms with E-state index in [0.717, 1.165) is 16.7 Å². The maximum absolute atomic E-state index is 5.69. The fraction of sp³-hybridized carbons (Fsp3) is 0.333. The monoisotopic (exact) mass is 220 g/mol. The molecular weight excluding hydrogens is 215 g/mol. The molecule has 1 heterocycles. The lowest BCUT2D eigenvalue weighted by Crippen LogP contribution is -1.91. The largest absolute Gasteiger partial charge is 0.240 e. The summed E-state index contributed by atoms with van der Waals surface area (Å²) in [4.78, 5) is 8.01. The van der Waals surface area contributed by atoms with Gasteiger partial charge in [-0.25, -0.2) is 9.97 Å². The first kappa shape index (κ1) is 7.95. The molecule has 2 nitrogen and oxygen atoms in total. The van der Waals surface area contributed by atoms with Gasteiger partial charge in [-0.15, -0.1) is 0 Å². The van der Waals surface area contributed by atoms with Gasteiger partial charge in [0, 0.05) is 12.6 Å². The van der Waals surface area contributed by atoms with E-state index in [9.17, 15) is 0 Å². The third kappa shape index (κ3) is 1.67. The molecule has 0 saturated carbocycles. The average molecular weight is 221 g/mol. The van der Waals surface area contributed by atoms with E-state index in [-0.39, 0.29) is 0 Å². The SMILES string of the molecule is CCc1ncc(Br)c(Cl)n1. The molecule has 1 aromatic heterocycles. The van der Waals surface area contributed by atoms with Crippen LogP contribution in [0, 0.1) is 0 Å². The molecule has 0 spiro atoms. The Hall–Kier alpha value is -0.150. The molecule has 54 valence electrons. The number of rotatable bonds is 1. The first-order valence-electron chi connectivity index (χ1n) is 2.91. The van der Waals surface area contributed by atoms with Gasteiger partial charge in [0.15, 0.2) is 0 Å². The Balaban J connectivity index is 3.04. The third-order valence-electron chi connectivity index (χ3n) is 1.07. The first-order valence-corrected chi connectivity index (χ1v) is 4.08.